The molecule has 1 aromatic rings. The van der Waals surface area contributed by atoms with E-state index < -0.39 is 0 Å². The fourth-order valence-electron chi connectivity index (χ4n) is 1.99. The fraction of sp³-hybridized carbons (Fsp3) is 0.400. The number of allylic oxidation sites excluding steroid dienone is 1. The monoisotopic (exact) mass is 232 g/mol. The third-order valence-electron chi connectivity index (χ3n) is 2.88. The molecule has 0 fully saturated rings. The molecule has 0 aliphatic rings. The van der Waals surface area contributed by atoms with Crippen molar-refractivity contribution in [1.29, 1.82) is 0 Å². The minimum Gasteiger partial charge on any atom is -0.469 e. The molecule has 0 saturated carbocycles. The molecule has 0 saturated heterocycles. The van der Waals surface area contributed by atoms with Crippen molar-refractivity contribution in [3.05, 3.63) is 40.5 Å². The molecule has 0 amide bonds. The van der Waals surface area contributed by atoms with Crippen LogP contribution in [0.25, 0.3) is 6.08 Å². The summed E-state index contributed by atoms with van der Waals surface area (Å²) in [6, 6.07) is 4.25. The second-order valence-corrected chi connectivity index (χ2v) is 4.08. The van der Waals surface area contributed by atoms with E-state index in [1.165, 1.54) is 18.2 Å². The first kappa shape index (κ1) is 13.5. The largest absolute Gasteiger partial charge is 0.469 e. The van der Waals surface area contributed by atoms with Gasteiger partial charge in [-0.1, -0.05) is 31.2 Å². The van der Waals surface area contributed by atoms with Crippen molar-refractivity contribution in [3.8, 4) is 0 Å². The maximum Gasteiger partial charge on any atom is 0.309 e. The lowest BCUT2D eigenvalue weighted by Crippen LogP contribution is -2.08. The van der Waals surface area contributed by atoms with Crippen molar-refractivity contribution in [2.24, 2.45) is 0 Å². The van der Waals surface area contributed by atoms with Crippen LogP contribution in [0.5, 0.6) is 0 Å². The Morgan fingerprint density at radius 2 is 2.12 bits per heavy atom. The lowest BCUT2D eigenvalue weighted by Gasteiger charge is -2.12. The van der Waals surface area contributed by atoms with Gasteiger partial charge in [-0.15, -0.1) is 0 Å². The predicted molar refractivity (Wildman–Crippen MR) is 71.0 cm³/mol. The fourth-order valence-corrected chi connectivity index (χ4v) is 1.99. The van der Waals surface area contributed by atoms with Crippen LogP contribution in [-0.2, 0) is 22.4 Å². The Labute approximate surface area is 103 Å². The van der Waals surface area contributed by atoms with E-state index in [0.717, 1.165) is 17.5 Å². The quantitative estimate of drug-likeness (QED) is 0.744. The molecule has 0 bridgehead atoms. The Hall–Kier alpha value is -1.57. The maximum atomic E-state index is 11.4. The molecule has 0 aromatic heterocycles. The Morgan fingerprint density at radius 1 is 1.41 bits per heavy atom. The van der Waals surface area contributed by atoms with Crippen LogP contribution in [0.4, 0.5) is 0 Å². The van der Waals surface area contributed by atoms with E-state index in [4.69, 9.17) is 4.74 Å². The number of carbonyl (C=O) groups is 1. The number of carbonyl (C=O) groups excluding carboxylic acids is 1. The number of methoxy groups -OCH3 is 1. The van der Waals surface area contributed by atoms with Gasteiger partial charge in [0.1, 0.15) is 0 Å². The van der Waals surface area contributed by atoms with Crippen LogP contribution in [0.1, 0.15) is 36.1 Å². The second-order valence-electron chi connectivity index (χ2n) is 4.08. The summed E-state index contributed by atoms with van der Waals surface area (Å²) >= 11 is 0. The van der Waals surface area contributed by atoms with Crippen molar-refractivity contribution in [3.63, 3.8) is 0 Å². The number of ether oxygens (including phenoxy) is 1. The average Bonchev–Trinajstić information content (AvgIpc) is 2.32. The van der Waals surface area contributed by atoms with E-state index in [9.17, 15) is 4.79 Å². The van der Waals surface area contributed by atoms with Crippen LogP contribution in [0.15, 0.2) is 18.2 Å². The van der Waals surface area contributed by atoms with Crippen molar-refractivity contribution >= 4 is 12.0 Å². The highest BCUT2D eigenvalue weighted by atomic mass is 16.5. The molecule has 0 aliphatic carbocycles. The van der Waals surface area contributed by atoms with Crippen molar-refractivity contribution in [2.75, 3.05) is 7.11 Å². The molecular formula is C15H20O2. The first-order valence-corrected chi connectivity index (χ1v) is 5.94. The van der Waals surface area contributed by atoms with Crippen molar-refractivity contribution in [1.82, 2.24) is 0 Å². The van der Waals surface area contributed by atoms with Crippen LogP contribution in [-0.4, -0.2) is 13.1 Å². The van der Waals surface area contributed by atoms with Crippen LogP contribution in [0, 0.1) is 6.92 Å². The summed E-state index contributed by atoms with van der Waals surface area (Å²) < 4.78 is 4.73. The van der Waals surface area contributed by atoms with Crippen LogP contribution in [0.3, 0.4) is 0 Å². The molecule has 0 N–H and O–H groups in total. The molecule has 1 aromatic carbocycles. The Bertz CT molecular complexity index is 431. The van der Waals surface area contributed by atoms with Gasteiger partial charge < -0.3 is 4.74 Å². The molecule has 0 spiro atoms. The minimum atomic E-state index is -0.179. The highest BCUT2D eigenvalue weighted by Crippen LogP contribution is 2.20. The van der Waals surface area contributed by atoms with Crippen LogP contribution >= 0.6 is 0 Å². The number of benzene rings is 1. The lowest BCUT2D eigenvalue weighted by molar-refractivity contribution is -0.139. The molecule has 1 rings (SSSR count). The Morgan fingerprint density at radius 3 is 2.65 bits per heavy atom. The second kappa shape index (κ2) is 6.24. The summed E-state index contributed by atoms with van der Waals surface area (Å²) in [6.45, 7) is 6.16. The molecular weight excluding hydrogens is 212 g/mol. The van der Waals surface area contributed by atoms with Gasteiger partial charge in [0.25, 0.3) is 0 Å². The van der Waals surface area contributed by atoms with E-state index in [2.05, 4.69) is 25.1 Å². The van der Waals surface area contributed by atoms with Gasteiger partial charge in [-0.05, 0) is 42.5 Å². The molecule has 0 aliphatic heterocycles. The summed E-state index contributed by atoms with van der Waals surface area (Å²) in [6.07, 6.45) is 5.39. The summed E-state index contributed by atoms with van der Waals surface area (Å²) in [7, 11) is 1.43. The smallest absolute Gasteiger partial charge is 0.309 e. The standard InChI is InChI=1S/C15H20O2/c1-5-7-12-8-11(3)14(10-15(16)17-4)13(6-2)9-12/h5,7-9H,6,10H2,1-4H3. The topological polar surface area (TPSA) is 26.3 Å². The van der Waals surface area contributed by atoms with Gasteiger partial charge >= 0.3 is 5.97 Å². The van der Waals surface area contributed by atoms with Gasteiger partial charge in [-0.3, -0.25) is 4.79 Å². The first-order valence-electron chi connectivity index (χ1n) is 5.94. The normalized spacial score (nSPS) is 10.8. The summed E-state index contributed by atoms with van der Waals surface area (Å²) in [4.78, 5) is 11.4. The SMILES string of the molecule is CC=Cc1cc(C)c(CC(=O)OC)c(CC)c1. The van der Waals surface area contributed by atoms with Crippen LogP contribution in [0.2, 0.25) is 0 Å². The highest BCUT2D eigenvalue weighted by Gasteiger charge is 2.10. The van der Waals surface area contributed by atoms with Gasteiger partial charge in [0.2, 0.25) is 0 Å². The summed E-state index contributed by atoms with van der Waals surface area (Å²) in [5, 5.41) is 0. The third-order valence-corrected chi connectivity index (χ3v) is 2.88. The zero-order valence-corrected chi connectivity index (χ0v) is 11.0. The van der Waals surface area contributed by atoms with Crippen LogP contribution < -0.4 is 0 Å². The number of esters is 1. The van der Waals surface area contributed by atoms with Gasteiger partial charge in [-0.25, -0.2) is 0 Å². The number of hydrogen-bond donors (Lipinski definition) is 0. The van der Waals surface area contributed by atoms with Gasteiger partial charge in [-0.2, -0.15) is 0 Å². The number of hydrogen-bond acceptors (Lipinski definition) is 2. The van der Waals surface area contributed by atoms with E-state index in [-0.39, 0.29) is 5.97 Å². The van der Waals surface area contributed by atoms with E-state index in [1.807, 2.05) is 19.9 Å². The molecule has 92 valence electrons. The molecule has 2 heteroatoms. The molecule has 0 heterocycles. The van der Waals surface area contributed by atoms with Crippen molar-refractivity contribution in [2.45, 2.75) is 33.6 Å². The summed E-state index contributed by atoms with van der Waals surface area (Å²) in [5.41, 5.74) is 4.68. The predicted octanol–water partition coefficient (Wildman–Crippen LogP) is 3.31. The lowest BCUT2D eigenvalue weighted by atomic mass is 9.94. The van der Waals surface area contributed by atoms with E-state index >= 15 is 0 Å². The third kappa shape index (κ3) is 3.45. The van der Waals surface area contributed by atoms with Gasteiger partial charge in [0, 0.05) is 0 Å². The molecule has 17 heavy (non-hydrogen) atoms. The minimum absolute atomic E-state index is 0.179. The maximum absolute atomic E-state index is 11.4. The molecule has 0 atom stereocenters. The average molecular weight is 232 g/mol. The number of aryl methyl sites for hydroxylation is 2. The van der Waals surface area contributed by atoms with Crippen molar-refractivity contribution < 1.29 is 9.53 Å². The molecule has 2 nitrogen and oxygen atoms in total. The van der Waals surface area contributed by atoms with Gasteiger partial charge in [0.15, 0.2) is 0 Å². The number of rotatable bonds is 4. The van der Waals surface area contributed by atoms with E-state index in [0.29, 0.717) is 6.42 Å². The Balaban J connectivity index is 3.16. The zero-order valence-electron chi connectivity index (χ0n) is 11.0. The van der Waals surface area contributed by atoms with E-state index in [1.54, 1.807) is 0 Å². The molecule has 0 radical (unpaired) electrons. The highest BCUT2D eigenvalue weighted by molar-refractivity contribution is 5.74. The Kier molecular flexibility index (Phi) is 4.95. The zero-order chi connectivity index (χ0) is 12.8. The molecule has 0 unspecified atom stereocenters. The summed E-state index contributed by atoms with van der Waals surface area (Å²) in [5.74, 6) is -0.179. The van der Waals surface area contributed by atoms with Gasteiger partial charge in [0.05, 0.1) is 13.5 Å². The first-order chi connectivity index (χ1) is 8.12.